The number of carbonyl (C=O) groups is 1. The van der Waals surface area contributed by atoms with E-state index in [0.717, 1.165) is 64.4 Å². The molecule has 0 saturated carbocycles. The summed E-state index contributed by atoms with van der Waals surface area (Å²) in [6, 6.07) is 3.95. The topological polar surface area (TPSA) is 108 Å². The molecule has 7 heteroatoms. The lowest BCUT2D eigenvalue weighted by Gasteiger charge is -2.21. The van der Waals surface area contributed by atoms with Crippen molar-refractivity contribution in [2.75, 3.05) is 6.61 Å². The Morgan fingerprint density at radius 3 is 2.72 bits per heavy atom. The van der Waals surface area contributed by atoms with Crippen LogP contribution < -0.4 is 0 Å². The molecule has 0 spiro atoms. The molecule has 3 aromatic heterocycles. The lowest BCUT2D eigenvalue weighted by Crippen LogP contribution is -2.09. The van der Waals surface area contributed by atoms with Gasteiger partial charge in [-0.05, 0) is 62.3 Å². The highest BCUT2D eigenvalue weighted by atomic mass is 16.3. The van der Waals surface area contributed by atoms with Gasteiger partial charge < -0.3 is 5.11 Å². The minimum Gasteiger partial charge on any atom is -0.396 e. The van der Waals surface area contributed by atoms with E-state index in [-0.39, 0.29) is 18.8 Å². The summed E-state index contributed by atoms with van der Waals surface area (Å²) in [7, 11) is 0. The van der Waals surface area contributed by atoms with Gasteiger partial charge in [0.1, 0.15) is 5.69 Å². The van der Waals surface area contributed by atoms with E-state index in [1.807, 2.05) is 25.3 Å². The quantitative estimate of drug-likeness (QED) is 0.452. The molecule has 29 heavy (non-hydrogen) atoms. The predicted octanol–water partition coefficient (Wildman–Crippen LogP) is 3.64. The second-order valence-corrected chi connectivity index (χ2v) is 7.74. The SMILES string of the molecule is Cc1[nH]ncc1-c1nc2ccc3[nH]nc(C(=O)CCCO)c3c2c2c1CCCC2. The molecule has 1 aliphatic rings. The van der Waals surface area contributed by atoms with Crippen LogP contribution in [-0.2, 0) is 12.8 Å². The number of Topliss-reactive ketones (excluding diaryl/α,β-unsaturated/α-hetero) is 1. The monoisotopic (exact) mass is 389 g/mol. The summed E-state index contributed by atoms with van der Waals surface area (Å²) < 4.78 is 0. The molecular weight excluding hydrogens is 366 g/mol. The van der Waals surface area contributed by atoms with Gasteiger partial charge in [-0.25, -0.2) is 4.98 Å². The van der Waals surface area contributed by atoms with E-state index < -0.39 is 0 Å². The van der Waals surface area contributed by atoms with Crippen molar-refractivity contribution in [3.05, 3.63) is 40.8 Å². The zero-order valence-electron chi connectivity index (χ0n) is 16.4. The fraction of sp³-hybridized carbons (Fsp3) is 0.364. The maximum atomic E-state index is 12.8. The molecule has 0 unspecified atom stereocenters. The number of nitrogens with one attached hydrogen (secondary N) is 2. The van der Waals surface area contributed by atoms with Gasteiger partial charge in [0, 0.05) is 35.1 Å². The molecule has 0 bridgehead atoms. The molecule has 0 saturated heterocycles. The normalized spacial score (nSPS) is 13.9. The maximum Gasteiger partial charge on any atom is 0.183 e. The van der Waals surface area contributed by atoms with E-state index in [0.29, 0.717) is 12.1 Å². The number of carbonyl (C=O) groups excluding carboxylic acids is 1. The maximum absolute atomic E-state index is 12.8. The minimum absolute atomic E-state index is 0.000786. The van der Waals surface area contributed by atoms with Crippen molar-refractivity contribution in [3.63, 3.8) is 0 Å². The van der Waals surface area contributed by atoms with E-state index in [2.05, 4.69) is 20.4 Å². The van der Waals surface area contributed by atoms with Crippen LogP contribution >= 0.6 is 0 Å². The molecule has 4 aromatic rings. The summed E-state index contributed by atoms with van der Waals surface area (Å²) in [5.41, 5.74) is 7.77. The van der Waals surface area contributed by atoms with Crippen LogP contribution in [0.15, 0.2) is 18.3 Å². The first-order valence-electron chi connectivity index (χ1n) is 10.2. The number of pyridine rings is 1. The third kappa shape index (κ3) is 2.84. The Hall–Kier alpha value is -3.06. The number of nitrogens with zero attached hydrogens (tertiary/aromatic N) is 3. The highest BCUT2D eigenvalue weighted by molar-refractivity contribution is 6.17. The Morgan fingerprint density at radius 1 is 1.14 bits per heavy atom. The van der Waals surface area contributed by atoms with Gasteiger partial charge in [0.2, 0.25) is 0 Å². The molecular formula is C22H23N5O2. The van der Waals surface area contributed by atoms with Crippen molar-refractivity contribution < 1.29 is 9.90 Å². The number of aromatic amines is 2. The Kier molecular flexibility index (Phi) is 4.39. The van der Waals surface area contributed by atoms with E-state index in [4.69, 9.17) is 10.1 Å². The van der Waals surface area contributed by atoms with Gasteiger partial charge in [-0.15, -0.1) is 0 Å². The van der Waals surface area contributed by atoms with Crippen LogP contribution in [0.1, 0.15) is 53.0 Å². The van der Waals surface area contributed by atoms with Crippen molar-refractivity contribution in [1.29, 1.82) is 0 Å². The number of aliphatic hydroxyl groups excluding tert-OH is 1. The summed E-state index contributed by atoms with van der Waals surface area (Å²) in [6.07, 6.45) is 6.77. The van der Waals surface area contributed by atoms with Gasteiger partial charge >= 0.3 is 0 Å². The second-order valence-electron chi connectivity index (χ2n) is 7.74. The Labute approximate surface area is 167 Å². The van der Waals surface area contributed by atoms with Gasteiger partial charge in [-0.2, -0.15) is 10.2 Å². The number of rotatable bonds is 5. The largest absolute Gasteiger partial charge is 0.396 e. The first-order valence-corrected chi connectivity index (χ1v) is 10.2. The molecule has 0 atom stereocenters. The fourth-order valence-electron chi connectivity index (χ4n) is 4.50. The molecule has 1 aromatic carbocycles. The van der Waals surface area contributed by atoms with Gasteiger partial charge in [0.05, 0.1) is 22.9 Å². The first-order chi connectivity index (χ1) is 14.2. The summed E-state index contributed by atoms with van der Waals surface area (Å²) in [4.78, 5) is 17.8. The van der Waals surface area contributed by atoms with Crippen molar-refractivity contribution in [3.8, 4) is 11.3 Å². The van der Waals surface area contributed by atoms with E-state index in [9.17, 15) is 4.79 Å². The van der Waals surface area contributed by atoms with Crippen LogP contribution in [0.5, 0.6) is 0 Å². The third-order valence-electron chi connectivity index (χ3n) is 5.91. The molecule has 3 N–H and O–H groups in total. The Bertz CT molecular complexity index is 1240. The first kappa shape index (κ1) is 18.0. The van der Waals surface area contributed by atoms with Crippen molar-refractivity contribution in [1.82, 2.24) is 25.4 Å². The summed E-state index contributed by atoms with van der Waals surface area (Å²) in [5.74, 6) is -0.0443. The summed E-state index contributed by atoms with van der Waals surface area (Å²) >= 11 is 0. The lowest BCUT2D eigenvalue weighted by atomic mass is 9.85. The number of hydrogen-bond donors (Lipinski definition) is 3. The molecule has 0 fully saturated rings. The summed E-state index contributed by atoms with van der Waals surface area (Å²) in [5, 5.41) is 25.6. The van der Waals surface area contributed by atoms with Crippen molar-refractivity contribution >= 4 is 27.6 Å². The molecule has 5 rings (SSSR count). The van der Waals surface area contributed by atoms with Crippen LogP contribution in [-0.4, -0.2) is 42.9 Å². The van der Waals surface area contributed by atoms with Gasteiger partial charge in [-0.1, -0.05) is 0 Å². The lowest BCUT2D eigenvalue weighted by molar-refractivity contribution is 0.0968. The molecule has 148 valence electrons. The molecule has 7 nitrogen and oxygen atoms in total. The highest BCUT2D eigenvalue weighted by Gasteiger charge is 2.25. The predicted molar refractivity (Wildman–Crippen MR) is 111 cm³/mol. The van der Waals surface area contributed by atoms with Crippen LogP contribution in [0, 0.1) is 6.92 Å². The van der Waals surface area contributed by atoms with Crippen molar-refractivity contribution in [2.45, 2.75) is 45.4 Å². The number of hydrogen-bond acceptors (Lipinski definition) is 5. The van der Waals surface area contributed by atoms with Crippen molar-refractivity contribution in [2.24, 2.45) is 0 Å². The van der Waals surface area contributed by atoms with Crippen LogP contribution in [0.25, 0.3) is 33.1 Å². The number of aryl methyl sites for hydroxylation is 2. The Morgan fingerprint density at radius 2 is 1.97 bits per heavy atom. The molecule has 0 amide bonds. The average Bonchev–Trinajstić information content (AvgIpc) is 3.37. The fourth-order valence-corrected chi connectivity index (χ4v) is 4.50. The molecule has 1 aliphatic carbocycles. The van der Waals surface area contributed by atoms with Gasteiger partial charge in [-0.3, -0.25) is 15.0 Å². The van der Waals surface area contributed by atoms with E-state index in [1.165, 1.54) is 11.1 Å². The van der Waals surface area contributed by atoms with Crippen LogP contribution in [0.2, 0.25) is 0 Å². The summed E-state index contributed by atoms with van der Waals surface area (Å²) in [6.45, 7) is 2.01. The number of benzene rings is 1. The molecule has 3 heterocycles. The van der Waals surface area contributed by atoms with Crippen LogP contribution in [0.4, 0.5) is 0 Å². The molecule has 0 radical (unpaired) electrons. The zero-order chi connectivity index (χ0) is 20.0. The standard InChI is InChI=1S/C22H23N5O2/c1-12-15(11-23-25-12)21-14-6-3-2-5-13(14)19-16(24-21)8-9-17-20(19)22(27-26-17)18(29)7-4-10-28/h8-9,11,28H,2-7,10H2,1H3,(H,23,25)(H,26,27). The van der Waals surface area contributed by atoms with E-state index >= 15 is 0 Å². The van der Waals surface area contributed by atoms with Gasteiger partial charge in [0.15, 0.2) is 5.78 Å². The number of fused-ring (bicyclic) bond motifs is 5. The zero-order valence-corrected chi connectivity index (χ0v) is 16.4. The molecule has 0 aliphatic heterocycles. The number of aliphatic hydroxyl groups is 1. The second kappa shape index (κ2) is 7.08. The highest BCUT2D eigenvalue weighted by Crippen LogP contribution is 2.39. The number of ketones is 1. The number of aromatic nitrogens is 5. The Balaban J connectivity index is 1.82. The minimum atomic E-state index is -0.0443. The smallest absolute Gasteiger partial charge is 0.183 e. The van der Waals surface area contributed by atoms with E-state index in [1.54, 1.807) is 0 Å². The third-order valence-corrected chi connectivity index (χ3v) is 5.91. The number of H-pyrrole nitrogens is 2. The average molecular weight is 389 g/mol. The van der Waals surface area contributed by atoms with Gasteiger partial charge in [0.25, 0.3) is 0 Å². The van der Waals surface area contributed by atoms with Crippen LogP contribution in [0.3, 0.4) is 0 Å².